The fraction of sp³-hybridized carbons (Fsp3) is 0.489. The molecule has 0 radical (unpaired) electrons. The molecule has 4 aliphatic heterocycles. The van der Waals surface area contributed by atoms with Gasteiger partial charge in [-0.3, -0.25) is 9.59 Å². The van der Waals surface area contributed by atoms with Gasteiger partial charge >= 0.3 is 6.09 Å². The van der Waals surface area contributed by atoms with Gasteiger partial charge in [-0.25, -0.2) is 14.8 Å². The number of imidazole rings is 2. The maximum atomic E-state index is 13.8. The molecule has 2 aromatic heterocycles. The summed E-state index contributed by atoms with van der Waals surface area (Å²) in [5, 5.41) is 2.80. The van der Waals surface area contributed by atoms with Gasteiger partial charge in [-0.15, -0.1) is 0 Å². The van der Waals surface area contributed by atoms with Crippen molar-refractivity contribution in [3.05, 3.63) is 71.3 Å². The average Bonchev–Trinajstić information content (AvgIpc) is 4.04. The Morgan fingerprint density at radius 3 is 1.71 bits per heavy atom. The topological polar surface area (TPSA) is 136 Å². The number of ether oxygens (including phenoxy) is 1. The number of carbonyl (C=O) groups is 3. The normalized spacial score (nSPS) is 23.5. The van der Waals surface area contributed by atoms with Gasteiger partial charge in [0, 0.05) is 19.0 Å². The van der Waals surface area contributed by atoms with E-state index in [0.29, 0.717) is 13.0 Å². The van der Waals surface area contributed by atoms with Crippen molar-refractivity contribution in [3.63, 3.8) is 0 Å². The SMILES string of the molecule is COC(=O)N[C@H]1CCCCCc2cc(-c3ccc(-c4cc5c6nc([nH]c6c4)[C@@H]4CCCN4C(=O)[C@@H](C)CCCCC5)cc3)cc3[nH]c(nc23)[C@@H]2CCCN2C1=O. The highest BCUT2D eigenvalue weighted by Crippen LogP contribution is 2.38. The first-order chi connectivity index (χ1) is 27.3. The van der Waals surface area contributed by atoms with Gasteiger partial charge in [-0.2, -0.15) is 0 Å². The van der Waals surface area contributed by atoms with Crippen LogP contribution in [0.5, 0.6) is 0 Å². The summed E-state index contributed by atoms with van der Waals surface area (Å²) in [5.41, 5.74) is 11.2. The van der Waals surface area contributed by atoms with Gasteiger partial charge in [0.25, 0.3) is 0 Å². The van der Waals surface area contributed by atoms with E-state index in [1.807, 2.05) is 4.90 Å². The van der Waals surface area contributed by atoms with Crippen LogP contribution in [-0.4, -0.2) is 73.9 Å². The van der Waals surface area contributed by atoms with Crippen LogP contribution in [0.25, 0.3) is 44.3 Å². The van der Waals surface area contributed by atoms with Crippen molar-refractivity contribution in [2.75, 3.05) is 20.2 Å². The molecule has 3 aromatic carbocycles. The third-order valence-electron chi connectivity index (χ3n) is 12.8. The van der Waals surface area contributed by atoms with Crippen LogP contribution in [0.3, 0.4) is 0 Å². The zero-order valence-corrected chi connectivity index (χ0v) is 32.7. The van der Waals surface area contributed by atoms with Crippen molar-refractivity contribution < 1.29 is 19.1 Å². The van der Waals surface area contributed by atoms with Crippen LogP contribution in [0.1, 0.15) is 119 Å². The van der Waals surface area contributed by atoms with Crippen LogP contribution in [0.15, 0.2) is 48.5 Å². The summed E-state index contributed by atoms with van der Waals surface area (Å²) in [4.78, 5) is 61.0. The lowest BCUT2D eigenvalue weighted by Crippen LogP contribution is -2.48. The summed E-state index contributed by atoms with van der Waals surface area (Å²) in [6.07, 6.45) is 12.5. The van der Waals surface area contributed by atoms with Gasteiger partial charge in [-0.05, 0) is 122 Å². The van der Waals surface area contributed by atoms with E-state index >= 15 is 0 Å². The Morgan fingerprint density at radius 2 is 1.18 bits per heavy atom. The lowest BCUT2D eigenvalue weighted by atomic mass is 9.94. The Labute approximate surface area is 328 Å². The monoisotopic (exact) mass is 755 g/mol. The van der Waals surface area contributed by atoms with E-state index in [-0.39, 0.29) is 29.8 Å². The fourth-order valence-corrected chi connectivity index (χ4v) is 9.78. The van der Waals surface area contributed by atoms with Gasteiger partial charge in [0.05, 0.1) is 41.3 Å². The summed E-state index contributed by atoms with van der Waals surface area (Å²) in [6, 6.07) is 17.2. The zero-order valence-electron chi connectivity index (χ0n) is 32.7. The number of aryl methyl sites for hydroxylation is 2. The molecule has 0 spiro atoms. The van der Waals surface area contributed by atoms with E-state index in [9.17, 15) is 14.4 Å². The average molecular weight is 756 g/mol. The number of hydrogen-bond donors (Lipinski definition) is 3. The van der Waals surface area contributed by atoms with E-state index in [1.54, 1.807) is 0 Å². The standard InChI is InChI=1S/C45H53N7O4/c1-27-11-5-3-6-12-30-23-32(25-35-39(30)49-41(46-35)37-15-9-21-51(37)43(27)53)28-17-19-29(20-18-28)33-24-31-13-7-4-8-14-34(48-45(55)56-2)44(54)52-22-10-16-38(52)42-47-36(26-33)40(31)50-42/h17-20,23-27,34,37-38H,3-16,21-22H2,1-2H3,(H,46,49)(H,47,50)(H,48,55)/t27-,34-,37-,38-/m0/s1. The quantitative estimate of drug-likeness (QED) is 0.169. The van der Waals surface area contributed by atoms with Crippen molar-refractivity contribution in [1.29, 1.82) is 0 Å². The number of nitrogens with one attached hydrogen (secondary N) is 3. The molecule has 4 bridgehead atoms. The third-order valence-corrected chi connectivity index (χ3v) is 12.8. The summed E-state index contributed by atoms with van der Waals surface area (Å²) < 4.78 is 4.86. The van der Waals surface area contributed by atoms with Crippen LogP contribution in [-0.2, 0) is 27.2 Å². The first kappa shape index (κ1) is 36.4. The number of H-pyrrole nitrogens is 2. The maximum absolute atomic E-state index is 13.8. The van der Waals surface area contributed by atoms with Crippen LogP contribution in [0.4, 0.5) is 4.79 Å². The zero-order chi connectivity index (χ0) is 38.3. The molecule has 4 atom stereocenters. The van der Waals surface area contributed by atoms with Crippen molar-refractivity contribution in [3.8, 4) is 22.3 Å². The minimum atomic E-state index is -0.608. The van der Waals surface area contributed by atoms with Crippen LogP contribution < -0.4 is 5.32 Å². The van der Waals surface area contributed by atoms with Crippen LogP contribution in [0, 0.1) is 5.92 Å². The summed E-state index contributed by atoms with van der Waals surface area (Å²) in [5.74, 6) is 1.99. The molecule has 0 saturated carbocycles. The second-order valence-corrected chi connectivity index (χ2v) is 16.6. The summed E-state index contributed by atoms with van der Waals surface area (Å²) in [7, 11) is 1.33. The molecule has 3 N–H and O–H groups in total. The van der Waals surface area contributed by atoms with Gasteiger partial charge < -0.3 is 29.8 Å². The fourth-order valence-electron chi connectivity index (χ4n) is 9.78. The Bertz CT molecular complexity index is 2280. The highest BCUT2D eigenvalue weighted by atomic mass is 16.5. The van der Waals surface area contributed by atoms with E-state index in [1.165, 1.54) is 23.8 Å². The number of nitrogens with zero attached hydrogens (tertiary/aromatic N) is 4. The second kappa shape index (κ2) is 15.4. The molecule has 5 aromatic rings. The Balaban J connectivity index is 1.02. The molecular formula is C45H53N7O4. The van der Waals surface area contributed by atoms with E-state index in [0.717, 1.165) is 140 Å². The number of hydrogen-bond acceptors (Lipinski definition) is 6. The molecule has 4 aliphatic rings. The Morgan fingerprint density at radius 1 is 0.661 bits per heavy atom. The molecule has 2 fully saturated rings. The lowest BCUT2D eigenvalue weighted by Gasteiger charge is -2.28. The minimum Gasteiger partial charge on any atom is -0.453 e. The number of benzene rings is 3. The molecule has 56 heavy (non-hydrogen) atoms. The first-order valence-electron chi connectivity index (χ1n) is 21.0. The molecule has 2 saturated heterocycles. The number of carbonyl (C=O) groups excluding carboxylic acids is 3. The Hall–Kier alpha value is -5.19. The molecule has 6 heterocycles. The van der Waals surface area contributed by atoms with Crippen molar-refractivity contribution in [2.24, 2.45) is 5.92 Å². The lowest BCUT2D eigenvalue weighted by molar-refractivity contribution is -0.136. The maximum Gasteiger partial charge on any atom is 0.407 e. The van der Waals surface area contributed by atoms with E-state index in [2.05, 4.69) is 75.6 Å². The summed E-state index contributed by atoms with van der Waals surface area (Å²) >= 11 is 0. The van der Waals surface area contributed by atoms with E-state index < -0.39 is 12.1 Å². The van der Waals surface area contributed by atoms with E-state index in [4.69, 9.17) is 14.7 Å². The highest BCUT2D eigenvalue weighted by Gasteiger charge is 2.37. The van der Waals surface area contributed by atoms with Crippen LogP contribution >= 0.6 is 0 Å². The summed E-state index contributed by atoms with van der Waals surface area (Å²) in [6.45, 7) is 3.54. The number of aromatic amines is 2. The number of aromatic nitrogens is 4. The molecule has 11 nitrogen and oxygen atoms in total. The second-order valence-electron chi connectivity index (χ2n) is 16.6. The number of rotatable bonds is 3. The largest absolute Gasteiger partial charge is 0.453 e. The number of fused-ring (bicyclic) bond motifs is 6. The molecule has 0 unspecified atom stereocenters. The van der Waals surface area contributed by atoms with Crippen LogP contribution in [0.2, 0.25) is 0 Å². The molecule has 3 amide bonds. The smallest absolute Gasteiger partial charge is 0.407 e. The molecule has 11 heteroatoms. The van der Waals surface area contributed by atoms with Gasteiger partial charge in [0.15, 0.2) is 0 Å². The molecule has 292 valence electrons. The minimum absolute atomic E-state index is 0.0148. The predicted octanol–water partition coefficient (Wildman–Crippen LogP) is 8.69. The van der Waals surface area contributed by atoms with Gasteiger partial charge in [0.2, 0.25) is 11.8 Å². The number of amides is 3. The molecular weight excluding hydrogens is 703 g/mol. The number of alkyl carbamates (subject to hydrolysis) is 1. The number of methoxy groups -OCH3 is 1. The third kappa shape index (κ3) is 6.94. The highest BCUT2D eigenvalue weighted by molar-refractivity contribution is 5.89. The first-order valence-corrected chi connectivity index (χ1v) is 21.0. The predicted molar refractivity (Wildman–Crippen MR) is 217 cm³/mol. The molecule has 9 rings (SSSR count). The van der Waals surface area contributed by atoms with Gasteiger partial charge in [0.1, 0.15) is 17.7 Å². The van der Waals surface area contributed by atoms with Crippen molar-refractivity contribution >= 4 is 40.0 Å². The molecule has 0 aliphatic carbocycles. The Kier molecular flexibility index (Phi) is 10.0. The van der Waals surface area contributed by atoms with Crippen molar-refractivity contribution in [1.82, 2.24) is 35.1 Å². The van der Waals surface area contributed by atoms with Gasteiger partial charge in [-0.1, -0.05) is 56.9 Å². The van der Waals surface area contributed by atoms with Crippen molar-refractivity contribution in [2.45, 2.75) is 115 Å².